The van der Waals surface area contributed by atoms with Gasteiger partial charge in [0.05, 0.1) is 0 Å². The smallest absolute Gasteiger partial charge is 0.324 e. The molecule has 0 saturated carbocycles. The molecule has 7 aromatic rings. The molecule has 8 bridgehead atoms. The predicted molar refractivity (Wildman–Crippen MR) is 156 cm³/mol. The van der Waals surface area contributed by atoms with Gasteiger partial charge in [0.2, 0.25) is 0 Å². The first-order valence-electron chi connectivity index (χ1n) is 13.0. The summed E-state index contributed by atoms with van der Waals surface area (Å²) < 4.78 is 0. The minimum atomic E-state index is 0. The summed E-state index contributed by atoms with van der Waals surface area (Å²) >= 11 is 0. The average Bonchev–Trinajstić information content (AvgIpc) is 3.73. The molecule has 0 fully saturated rings. The van der Waals surface area contributed by atoms with E-state index in [0.29, 0.717) is 45.9 Å². The van der Waals surface area contributed by atoms with Crippen LogP contribution in [0.1, 0.15) is 0 Å². The summed E-state index contributed by atoms with van der Waals surface area (Å²) in [6.07, 6.45) is 0. The van der Waals surface area contributed by atoms with Gasteiger partial charge in [-0.3, -0.25) is 0 Å². The average molecular weight is 653 g/mol. The number of nitrogens with zero attached hydrogens (tertiary/aromatic N) is 6. The van der Waals surface area contributed by atoms with Gasteiger partial charge in [-0.1, -0.05) is 97.1 Å². The predicted octanol–water partition coefficient (Wildman–Crippen LogP) is 6.87. The van der Waals surface area contributed by atoms with E-state index in [0.717, 1.165) is 43.8 Å². The molecular weight excluding hydrogens is 635 g/mol. The van der Waals surface area contributed by atoms with Crippen molar-refractivity contribution in [2.24, 2.45) is 0 Å². The minimum absolute atomic E-state index is 0. The molecule has 0 aliphatic carbocycles. The number of nitrogens with one attached hydrogen (secondary N) is 2. The Kier molecular flexibility index (Phi) is 5.46. The van der Waals surface area contributed by atoms with Crippen LogP contribution in [0.25, 0.3) is 89.7 Å². The Hall–Kier alpha value is -4.57. The Morgan fingerprint density at radius 2 is 0.561 bits per heavy atom. The molecule has 3 aromatic heterocycles. The van der Waals surface area contributed by atoms with Gasteiger partial charge < -0.3 is 9.97 Å². The zero-order chi connectivity index (χ0) is 26.2. The Bertz CT molecular complexity index is 2030. The van der Waals surface area contributed by atoms with Gasteiger partial charge >= 0.3 is 35.6 Å². The fraction of sp³-hybridized carbons (Fsp3) is 0. The largest absolute Gasteiger partial charge is 3.00 e. The second kappa shape index (κ2) is 9.24. The van der Waals surface area contributed by atoms with E-state index >= 15 is 0 Å². The van der Waals surface area contributed by atoms with E-state index in [9.17, 15) is 0 Å². The molecular formula is C32H18LaN8+3. The number of aromatic nitrogens is 8. The maximum absolute atomic E-state index is 5.02. The van der Waals surface area contributed by atoms with Crippen LogP contribution in [0.2, 0.25) is 0 Å². The van der Waals surface area contributed by atoms with E-state index in [1.165, 1.54) is 0 Å². The summed E-state index contributed by atoms with van der Waals surface area (Å²) in [5.74, 6) is 2.39. The van der Waals surface area contributed by atoms with Crippen molar-refractivity contribution in [3.8, 4) is 45.6 Å². The van der Waals surface area contributed by atoms with Gasteiger partial charge in [-0.15, -0.1) is 0 Å². The minimum Gasteiger partial charge on any atom is -0.324 e. The molecule has 2 aliphatic rings. The fourth-order valence-electron chi connectivity index (χ4n) is 5.59. The molecule has 41 heavy (non-hydrogen) atoms. The van der Waals surface area contributed by atoms with E-state index in [1.807, 2.05) is 97.1 Å². The Labute approximate surface area is 260 Å². The maximum atomic E-state index is 5.02. The molecule has 2 aliphatic heterocycles. The topological polar surface area (TPSA) is 109 Å². The van der Waals surface area contributed by atoms with Crippen LogP contribution in [0.4, 0.5) is 0 Å². The molecule has 0 saturated heterocycles. The number of benzene rings is 4. The molecule has 0 radical (unpaired) electrons. The molecule has 2 N–H and O–H groups in total. The van der Waals surface area contributed by atoms with Crippen LogP contribution in [0.15, 0.2) is 97.1 Å². The molecule has 9 heteroatoms. The first-order valence-corrected chi connectivity index (χ1v) is 13.0. The van der Waals surface area contributed by atoms with E-state index in [1.54, 1.807) is 0 Å². The van der Waals surface area contributed by atoms with Crippen LogP contribution < -0.4 is 0 Å². The van der Waals surface area contributed by atoms with Crippen molar-refractivity contribution in [1.82, 2.24) is 39.9 Å². The van der Waals surface area contributed by atoms with Crippen LogP contribution in [0, 0.1) is 35.6 Å². The van der Waals surface area contributed by atoms with Crippen LogP contribution >= 0.6 is 0 Å². The monoisotopic (exact) mass is 653 g/mol. The Balaban J connectivity index is 0.00000256. The van der Waals surface area contributed by atoms with Crippen LogP contribution in [0.3, 0.4) is 0 Å². The number of H-pyrrole nitrogens is 2. The summed E-state index contributed by atoms with van der Waals surface area (Å²) in [6.45, 7) is 0. The molecule has 0 spiro atoms. The van der Waals surface area contributed by atoms with Crippen molar-refractivity contribution < 1.29 is 35.6 Å². The van der Waals surface area contributed by atoms with Gasteiger partial charge in [0, 0.05) is 43.8 Å². The van der Waals surface area contributed by atoms with Gasteiger partial charge in [0.1, 0.15) is 22.6 Å². The molecule has 0 atom stereocenters. The molecule has 0 unspecified atom stereocenters. The zero-order valence-corrected chi connectivity index (χ0v) is 25.1. The summed E-state index contributed by atoms with van der Waals surface area (Å²) in [5, 5.41) is 3.82. The van der Waals surface area contributed by atoms with Crippen molar-refractivity contribution in [3.63, 3.8) is 0 Å². The van der Waals surface area contributed by atoms with E-state index in [-0.39, 0.29) is 35.6 Å². The molecule has 0 amide bonds. The van der Waals surface area contributed by atoms with Crippen LogP contribution in [-0.4, -0.2) is 39.9 Å². The molecule has 9 rings (SSSR count). The molecule has 8 nitrogen and oxygen atoms in total. The number of aromatic amines is 2. The van der Waals surface area contributed by atoms with Gasteiger partial charge in [0.25, 0.3) is 0 Å². The third-order valence-electron chi connectivity index (χ3n) is 7.46. The first-order chi connectivity index (χ1) is 19.8. The van der Waals surface area contributed by atoms with Gasteiger partial charge in [-0.05, 0) is 0 Å². The molecule has 186 valence electrons. The number of hydrogen-bond donors (Lipinski definition) is 2. The quantitative estimate of drug-likeness (QED) is 0.185. The van der Waals surface area contributed by atoms with Gasteiger partial charge in [0.15, 0.2) is 23.3 Å². The fourth-order valence-corrected chi connectivity index (χ4v) is 5.59. The standard InChI is InChI=1S/C32H18N8.La/c1-2-10-18-17(9-1)25-33-26(18)38-28-21-13-5-6-14-22(21)30(35-28)40-32-24-16-8-7-15-23(24)31(36-32)39-29-20-12-4-3-11-19(20)27(34-29)37-25;/h1-16H,(H2,33,34,35,36,37,38,39,40);/q;+3. The Morgan fingerprint density at radius 1 is 0.317 bits per heavy atom. The van der Waals surface area contributed by atoms with E-state index in [2.05, 4.69) is 9.97 Å². The van der Waals surface area contributed by atoms with Crippen molar-refractivity contribution in [2.45, 2.75) is 0 Å². The molecule has 5 heterocycles. The second-order valence-electron chi connectivity index (χ2n) is 9.79. The van der Waals surface area contributed by atoms with Crippen LogP contribution in [0.5, 0.6) is 0 Å². The zero-order valence-electron chi connectivity index (χ0n) is 21.5. The van der Waals surface area contributed by atoms with Gasteiger partial charge in [-0.2, -0.15) is 0 Å². The van der Waals surface area contributed by atoms with Crippen molar-refractivity contribution in [1.29, 1.82) is 0 Å². The van der Waals surface area contributed by atoms with E-state index < -0.39 is 0 Å². The SMILES string of the molecule is [La+3].c1ccc2c(c1)-c1nc-2nc2[nH]c(nc3nc(nc4[nH]c(n1)c1ccccc41)-c1ccccc1-3)c1ccccc21. The maximum Gasteiger partial charge on any atom is 3.00 e. The third kappa shape index (κ3) is 3.70. The number of rotatable bonds is 0. The third-order valence-corrected chi connectivity index (χ3v) is 7.46. The first kappa shape index (κ1) is 24.2. The summed E-state index contributed by atoms with van der Waals surface area (Å²) in [4.78, 5) is 36.8. The molecule has 4 aromatic carbocycles. The summed E-state index contributed by atoms with van der Waals surface area (Å²) in [7, 11) is 0. The Morgan fingerprint density at radius 3 is 0.829 bits per heavy atom. The normalized spacial score (nSPS) is 11.7. The van der Waals surface area contributed by atoms with Gasteiger partial charge in [-0.25, -0.2) is 29.9 Å². The second-order valence-corrected chi connectivity index (χ2v) is 9.79. The summed E-state index contributed by atoms with van der Waals surface area (Å²) in [6, 6.07) is 32.2. The van der Waals surface area contributed by atoms with Crippen LogP contribution in [-0.2, 0) is 0 Å². The van der Waals surface area contributed by atoms with Crippen molar-refractivity contribution in [3.05, 3.63) is 97.1 Å². The number of fused-ring (bicyclic) bond motifs is 20. The number of hydrogen-bond acceptors (Lipinski definition) is 6. The van der Waals surface area contributed by atoms with E-state index in [4.69, 9.17) is 29.9 Å². The van der Waals surface area contributed by atoms with Crippen molar-refractivity contribution in [2.75, 3.05) is 0 Å². The summed E-state index contributed by atoms with van der Waals surface area (Å²) in [5.41, 5.74) is 6.45. The van der Waals surface area contributed by atoms with Crippen molar-refractivity contribution >= 4 is 44.1 Å².